The van der Waals surface area contributed by atoms with Gasteiger partial charge in [0.15, 0.2) is 5.78 Å². The Kier molecular flexibility index (Phi) is 6.44. The molecule has 4 aliphatic rings. The Labute approximate surface area is 256 Å². The molecule has 1 fully saturated rings. The van der Waals surface area contributed by atoms with Crippen LogP contribution in [0.2, 0.25) is 5.02 Å². The largest absolute Gasteiger partial charge is 0.292 e. The van der Waals surface area contributed by atoms with Crippen LogP contribution >= 0.6 is 11.6 Å². The molecular weight excluding hydrogens is 582 g/mol. The molecule has 1 heterocycles. The molecule has 4 aromatic carbocycles. The fraction of sp³-hybridized carbons (Fsp3) is 0.176. The van der Waals surface area contributed by atoms with E-state index in [9.17, 15) is 29.3 Å². The molecule has 3 atom stereocenters. The summed E-state index contributed by atoms with van der Waals surface area (Å²) in [6.45, 7) is 1.46. The predicted octanol–water partition coefficient (Wildman–Crippen LogP) is 5.77. The number of ketones is 1. The smallest absolute Gasteiger partial charge is 0.273 e. The van der Waals surface area contributed by atoms with Crippen LogP contribution in [0.1, 0.15) is 61.7 Å². The molecule has 1 saturated heterocycles. The summed E-state index contributed by atoms with van der Waals surface area (Å²) in [5, 5.41) is 13.4. The zero-order chi connectivity index (χ0) is 30.9. The fourth-order valence-electron chi connectivity index (χ4n) is 7.14. The molecular formula is C34H24ClN3O6. The van der Waals surface area contributed by atoms with Gasteiger partial charge in [-0.3, -0.25) is 29.3 Å². The normalized spacial score (nSPS) is 21.7. The topological polar surface area (TPSA) is 118 Å². The van der Waals surface area contributed by atoms with Crippen molar-refractivity contribution in [3.05, 3.63) is 146 Å². The van der Waals surface area contributed by atoms with Crippen molar-refractivity contribution in [3.8, 4) is 0 Å². The van der Waals surface area contributed by atoms with Crippen LogP contribution < -0.4 is 0 Å². The highest BCUT2D eigenvalue weighted by molar-refractivity contribution is 6.30. The van der Waals surface area contributed by atoms with Gasteiger partial charge in [-0.15, -0.1) is 0 Å². The summed E-state index contributed by atoms with van der Waals surface area (Å²) in [5.74, 6) is -4.81. The van der Waals surface area contributed by atoms with Gasteiger partial charge in [0.25, 0.3) is 23.4 Å². The van der Waals surface area contributed by atoms with Crippen molar-refractivity contribution in [3.63, 3.8) is 0 Å². The Hall–Kier alpha value is -5.15. The maximum atomic E-state index is 14.5. The van der Waals surface area contributed by atoms with Gasteiger partial charge in [0.1, 0.15) is 6.04 Å². The van der Waals surface area contributed by atoms with Crippen molar-refractivity contribution in [2.24, 2.45) is 11.8 Å². The van der Waals surface area contributed by atoms with Gasteiger partial charge in [0.05, 0.1) is 16.8 Å². The Morgan fingerprint density at radius 2 is 1.18 bits per heavy atom. The first-order chi connectivity index (χ1) is 21.2. The average molecular weight is 606 g/mol. The van der Waals surface area contributed by atoms with E-state index in [-0.39, 0.29) is 16.8 Å². The van der Waals surface area contributed by atoms with Crippen molar-refractivity contribution in [1.82, 2.24) is 10.0 Å². The number of rotatable bonds is 6. The average Bonchev–Trinajstić information content (AvgIpc) is 3.30. The second-order valence-electron chi connectivity index (χ2n) is 11.3. The van der Waals surface area contributed by atoms with Crippen molar-refractivity contribution >= 4 is 40.8 Å². The highest BCUT2D eigenvalue weighted by atomic mass is 35.5. The maximum absolute atomic E-state index is 14.5. The van der Waals surface area contributed by atoms with Crippen LogP contribution in [0.4, 0.5) is 5.69 Å². The Morgan fingerprint density at radius 1 is 0.750 bits per heavy atom. The zero-order valence-electron chi connectivity index (χ0n) is 23.3. The lowest BCUT2D eigenvalue weighted by molar-refractivity contribution is -0.384. The summed E-state index contributed by atoms with van der Waals surface area (Å²) in [5.41, 5.74) is 3.87. The maximum Gasteiger partial charge on any atom is 0.273 e. The molecule has 1 aliphatic heterocycles. The van der Waals surface area contributed by atoms with Crippen molar-refractivity contribution < 1.29 is 24.1 Å². The van der Waals surface area contributed by atoms with Crippen LogP contribution in [0.25, 0.3) is 0 Å². The number of nitro benzene ring substituents is 1. The molecule has 0 aromatic heterocycles. The second-order valence-corrected chi connectivity index (χ2v) is 11.7. The Morgan fingerprint density at radius 3 is 1.61 bits per heavy atom. The molecule has 0 unspecified atom stereocenters. The Bertz CT molecular complexity index is 1770. The molecule has 8 rings (SSSR count). The molecule has 218 valence electrons. The minimum atomic E-state index is -1.28. The Balaban J connectivity index is 1.35. The third-order valence-electron chi connectivity index (χ3n) is 9.05. The van der Waals surface area contributed by atoms with E-state index in [0.29, 0.717) is 5.02 Å². The molecule has 9 nitrogen and oxygen atoms in total. The summed E-state index contributed by atoms with van der Waals surface area (Å²) < 4.78 is 0. The van der Waals surface area contributed by atoms with Crippen LogP contribution in [0.3, 0.4) is 0 Å². The number of nitrogens with zero attached hydrogens (tertiary/aromatic N) is 3. The molecule has 4 aromatic rings. The van der Waals surface area contributed by atoms with Crippen LogP contribution in [0, 0.1) is 22.0 Å². The number of carbonyl (C=O) groups excluding carboxylic acids is 4. The number of benzene rings is 4. The fourth-order valence-corrected chi connectivity index (χ4v) is 7.26. The highest BCUT2D eigenvalue weighted by Crippen LogP contribution is 2.61. The number of Topliss-reactive ketones (excluding diaryl/α,β-unsaturated/α-hetero) is 1. The SMILES string of the molecule is C[C@H](C(=O)c1ccc(Cl)cc1)N(C(=O)c1ccc([N+](=O)[O-])cc1)N1C(=O)[C@@H]2C3c4ccccc4C(c4ccccc43)[C@@H]2C1=O. The van der Waals surface area contributed by atoms with E-state index in [1.807, 2.05) is 48.5 Å². The molecule has 3 aliphatic carbocycles. The minimum Gasteiger partial charge on any atom is -0.292 e. The number of halogens is 1. The molecule has 3 amide bonds. The summed E-state index contributed by atoms with van der Waals surface area (Å²) in [6.07, 6.45) is 0. The van der Waals surface area contributed by atoms with Crippen LogP contribution in [0.15, 0.2) is 97.1 Å². The lowest BCUT2D eigenvalue weighted by atomic mass is 9.55. The standard InChI is InChI=1S/C34H24ClN3O6/c1-18(31(39)19-10-14-21(35)15-11-19)36(32(40)20-12-16-22(17-13-20)38(43)44)37-33(41)29-27-23-6-2-3-7-24(23)28(30(29)34(37)42)26-9-5-4-8-25(26)27/h2-18,27-30H,1H3/t18-,27?,28?,29-,30+/m1/s1. The van der Waals surface area contributed by atoms with Crippen LogP contribution in [-0.4, -0.2) is 44.5 Å². The molecule has 2 bridgehead atoms. The number of nitro groups is 1. The van der Waals surface area contributed by atoms with E-state index < -0.39 is 58.1 Å². The summed E-state index contributed by atoms with van der Waals surface area (Å²) >= 11 is 6.02. The first kappa shape index (κ1) is 27.7. The van der Waals surface area contributed by atoms with Gasteiger partial charge < -0.3 is 0 Å². The van der Waals surface area contributed by atoms with Crippen LogP contribution in [0.5, 0.6) is 0 Å². The minimum absolute atomic E-state index is 0.0172. The lowest BCUT2D eigenvalue weighted by Gasteiger charge is -2.45. The van der Waals surface area contributed by atoms with Crippen molar-refractivity contribution in [1.29, 1.82) is 0 Å². The lowest BCUT2D eigenvalue weighted by Crippen LogP contribution is -2.56. The predicted molar refractivity (Wildman–Crippen MR) is 160 cm³/mol. The second kappa shape index (κ2) is 10.2. The van der Waals surface area contributed by atoms with E-state index in [1.54, 1.807) is 0 Å². The number of non-ortho nitro benzene ring substituents is 1. The van der Waals surface area contributed by atoms with Crippen molar-refractivity contribution in [2.75, 3.05) is 0 Å². The number of carbonyl (C=O) groups is 4. The number of hydrazine groups is 1. The molecule has 10 heteroatoms. The molecule has 0 spiro atoms. The number of hydrogen-bond donors (Lipinski definition) is 0. The van der Waals surface area contributed by atoms with E-state index in [0.717, 1.165) is 44.4 Å². The van der Waals surface area contributed by atoms with Gasteiger partial charge in [-0.2, -0.15) is 5.01 Å². The van der Waals surface area contributed by atoms with Gasteiger partial charge in [0, 0.05) is 40.1 Å². The van der Waals surface area contributed by atoms with Gasteiger partial charge in [0.2, 0.25) is 0 Å². The highest BCUT2D eigenvalue weighted by Gasteiger charge is 2.63. The third kappa shape index (κ3) is 4.00. The van der Waals surface area contributed by atoms with E-state index in [1.165, 1.54) is 43.3 Å². The summed E-state index contributed by atoms with van der Waals surface area (Å²) in [4.78, 5) is 67.6. The molecule has 0 saturated carbocycles. The third-order valence-corrected chi connectivity index (χ3v) is 9.30. The van der Waals surface area contributed by atoms with Gasteiger partial charge >= 0.3 is 0 Å². The summed E-state index contributed by atoms with van der Waals surface area (Å²) in [7, 11) is 0. The number of amides is 3. The quantitative estimate of drug-likeness (QED) is 0.119. The molecule has 0 radical (unpaired) electrons. The van der Waals surface area contributed by atoms with Crippen LogP contribution in [-0.2, 0) is 9.59 Å². The zero-order valence-corrected chi connectivity index (χ0v) is 24.0. The van der Waals surface area contributed by atoms with Gasteiger partial charge in [-0.05, 0) is 65.6 Å². The first-order valence-electron chi connectivity index (χ1n) is 14.1. The molecule has 44 heavy (non-hydrogen) atoms. The van der Waals surface area contributed by atoms with E-state index in [4.69, 9.17) is 11.6 Å². The molecule has 0 N–H and O–H groups in total. The monoisotopic (exact) mass is 605 g/mol. The van der Waals surface area contributed by atoms with Crippen molar-refractivity contribution in [2.45, 2.75) is 24.8 Å². The van der Waals surface area contributed by atoms with E-state index >= 15 is 0 Å². The summed E-state index contributed by atoms with van der Waals surface area (Å²) in [6, 6.07) is 25.2. The number of hydrogen-bond acceptors (Lipinski definition) is 6. The van der Waals surface area contributed by atoms with E-state index in [2.05, 4.69) is 0 Å². The number of imide groups is 1. The first-order valence-corrected chi connectivity index (χ1v) is 14.5. The van der Waals surface area contributed by atoms with Gasteiger partial charge in [-0.25, -0.2) is 5.01 Å². The van der Waals surface area contributed by atoms with Gasteiger partial charge in [-0.1, -0.05) is 60.1 Å².